The molecule has 1 aliphatic rings. The molecule has 6 heteroatoms. The Morgan fingerprint density at radius 3 is 2.76 bits per heavy atom. The predicted molar refractivity (Wildman–Crippen MR) is 77.6 cm³/mol. The highest BCUT2D eigenvalue weighted by Crippen LogP contribution is 2.35. The summed E-state index contributed by atoms with van der Waals surface area (Å²) in [5.74, 6) is 0.985. The fourth-order valence-corrected chi connectivity index (χ4v) is 2.61. The molecule has 0 saturated carbocycles. The molecule has 21 heavy (non-hydrogen) atoms. The largest absolute Gasteiger partial charge is 0.398 e. The number of ether oxygens (including phenoxy) is 2. The number of nitrogen functional groups attached to an aromatic ring is 1. The summed E-state index contributed by atoms with van der Waals surface area (Å²) in [6.07, 6.45) is 1.43. The summed E-state index contributed by atoms with van der Waals surface area (Å²) in [6.45, 7) is 3.21. The van der Waals surface area contributed by atoms with Gasteiger partial charge >= 0.3 is 0 Å². The summed E-state index contributed by atoms with van der Waals surface area (Å²) in [7, 11) is 1.67. The van der Waals surface area contributed by atoms with Gasteiger partial charge in [0.2, 0.25) is 5.82 Å². The van der Waals surface area contributed by atoms with Gasteiger partial charge in [0.15, 0.2) is 0 Å². The summed E-state index contributed by atoms with van der Waals surface area (Å²) < 4.78 is 16.5. The molecule has 0 atom stereocenters. The Hall–Kier alpha value is -1.92. The first-order valence-electron chi connectivity index (χ1n) is 6.99. The van der Waals surface area contributed by atoms with Gasteiger partial charge in [0.25, 0.3) is 5.89 Å². The summed E-state index contributed by atoms with van der Waals surface area (Å²) in [5.41, 5.74) is 7.96. The Kier molecular flexibility index (Phi) is 3.65. The first-order chi connectivity index (χ1) is 10.2. The topological polar surface area (TPSA) is 83.4 Å². The number of anilines is 1. The van der Waals surface area contributed by atoms with Crippen LogP contribution in [-0.4, -0.2) is 30.5 Å². The molecule has 2 heterocycles. The third kappa shape index (κ3) is 2.41. The Balaban J connectivity index is 1.98. The Labute approximate surface area is 123 Å². The number of hydrogen-bond acceptors (Lipinski definition) is 6. The fraction of sp³-hybridized carbons (Fsp3) is 0.467. The zero-order chi connectivity index (χ0) is 14.9. The summed E-state index contributed by atoms with van der Waals surface area (Å²) in [5, 5.41) is 4.11. The first kappa shape index (κ1) is 14.0. The Bertz CT molecular complexity index is 633. The molecule has 0 spiro atoms. The minimum atomic E-state index is -0.529. The van der Waals surface area contributed by atoms with Crippen molar-refractivity contribution >= 4 is 5.69 Å². The van der Waals surface area contributed by atoms with Gasteiger partial charge in [-0.05, 0) is 18.6 Å². The number of nitrogens with zero attached hydrogens (tertiary/aromatic N) is 2. The van der Waals surface area contributed by atoms with Gasteiger partial charge < -0.3 is 19.7 Å². The van der Waals surface area contributed by atoms with Crippen molar-refractivity contribution in [3.05, 3.63) is 29.6 Å². The van der Waals surface area contributed by atoms with Crippen molar-refractivity contribution in [1.82, 2.24) is 10.1 Å². The van der Waals surface area contributed by atoms with Crippen LogP contribution in [0.5, 0.6) is 0 Å². The number of nitrogens with two attached hydrogens (primary N) is 1. The summed E-state index contributed by atoms with van der Waals surface area (Å²) >= 11 is 0. The van der Waals surface area contributed by atoms with E-state index in [0.29, 0.717) is 43.5 Å². The minimum absolute atomic E-state index is 0.425. The van der Waals surface area contributed by atoms with E-state index in [1.807, 2.05) is 25.1 Å². The Morgan fingerprint density at radius 1 is 1.29 bits per heavy atom. The van der Waals surface area contributed by atoms with Gasteiger partial charge in [-0.1, -0.05) is 17.3 Å². The first-order valence-corrected chi connectivity index (χ1v) is 6.99. The molecule has 1 saturated heterocycles. The number of methoxy groups -OCH3 is 1. The smallest absolute Gasteiger partial charge is 0.260 e. The minimum Gasteiger partial charge on any atom is -0.398 e. The SMILES string of the molecule is COC1(c2noc(-c3cccc(C)c3N)n2)CCOCC1. The third-order valence-corrected chi connectivity index (χ3v) is 4.08. The van der Waals surface area contributed by atoms with E-state index in [1.54, 1.807) is 7.11 Å². The molecule has 1 aromatic heterocycles. The van der Waals surface area contributed by atoms with Gasteiger partial charge in [0.05, 0.1) is 5.56 Å². The van der Waals surface area contributed by atoms with Crippen LogP contribution in [0.25, 0.3) is 11.5 Å². The molecule has 0 amide bonds. The average Bonchev–Trinajstić information content (AvgIpc) is 3.01. The highest BCUT2D eigenvalue weighted by molar-refractivity contribution is 5.73. The number of hydrogen-bond donors (Lipinski definition) is 1. The lowest BCUT2D eigenvalue weighted by molar-refractivity contribution is -0.101. The highest BCUT2D eigenvalue weighted by Gasteiger charge is 2.39. The number of benzene rings is 1. The molecule has 6 nitrogen and oxygen atoms in total. The molecule has 2 N–H and O–H groups in total. The number of aryl methyl sites for hydroxylation is 1. The summed E-state index contributed by atoms with van der Waals surface area (Å²) in [6, 6.07) is 5.75. The van der Waals surface area contributed by atoms with Gasteiger partial charge in [0, 0.05) is 38.9 Å². The van der Waals surface area contributed by atoms with Crippen LogP contribution in [0.15, 0.2) is 22.7 Å². The third-order valence-electron chi connectivity index (χ3n) is 4.08. The molecule has 3 rings (SSSR count). The van der Waals surface area contributed by atoms with Crippen molar-refractivity contribution in [1.29, 1.82) is 0 Å². The fourth-order valence-electron chi connectivity index (χ4n) is 2.61. The summed E-state index contributed by atoms with van der Waals surface area (Å²) in [4.78, 5) is 4.51. The van der Waals surface area contributed by atoms with Gasteiger partial charge in [0.1, 0.15) is 5.60 Å². The molecule has 0 unspecified atom stereocenters. The average molecular weight is 289 g/mol. The maximum Gasteiger partial charge on any atom is 0.260 e. The van der Waals surface area contributed by atoms with E-state index in [9.17, 15) is 0 Å². The molecule has 0 aliphatic carbocycles. The van der Waals surface area contributed by atoms with E-state index in [-0.39, 0.29) is 0 Å². The van der Waals surface area contributed by atoms with Crippen LogP contribution >= 0.6 is 0 Å². The van der Waals surface area contributed by atoms with E-state index in [0.717, 1.165) is 11.1 Å². The standard InChI is InChI=1S/C15H19N3O3/c1-10-4-3-5-11(12(10)16)13-17-14(18-21-13)15(19-2)6-8-20-9-7-15/h3-5H,6-9,16H2,1-2H3. The van der Waals surface area contributed by atoms with Crippen LogP contribution in [0.1, 0.15) is 24.2 Å². The van der Waals surface area contributed by atoms with Gasteiger partial charge in [-0.25, -0.2) is 0 Å². The van der Waals surface area contributed by atoms with Crippen LogP contribution in [-0.2, 0) is 15.1 Å². The van der Waals surface area contributed by atoms with Crippen LogP contribution in [0.4, 0.5) is 5.69 Å². The second-order valence-corrected chi connectivity index (χ2v) is 5.27. The number of rotatable bonds is 3. The van der Waals surface area contributed by atoms with Crippen molar-refractivity contribution in [2.75, 3.05) is 26.1 Å². The molecular formula is C15H19N3O3. The van der Waals surface area contributed by atoms with E-state index in [1.165, 1.54) is 0 Å². The van der Waals surface area contributed by atoms with Crippen LogP contribution in [0.3, 0.4) is 0 Å². The number of para-hydroxylation sites is 1. The van der Waals surface area contributed by atoms with E-state index >= 15 is 0 Å². The molecule has 1 fully saturated rings. The number of aromatic nitrogens is 2. The monoisotopic (exact) mass is 289 g/mol. The molecule has 0 bridgehead atoms. The van der Waals surface area contributed by atoms with E-state index in [4.69, 9.17) is 19.7 Å². The molecule has 1 aromatic carbocycles. The lowest BCUT2D eigenvalue weighted by atomic mass is 9.93. The van der Waals surface area contributed by atoms with Crippen LogP contribution < -0.4 is 5.73 Å². The lowest BCUT2D eigenvalue weighted by Gasteiger charge is -2.32. The molecule has 0 radical (unpaired) electrons. The van der Waals surface area contributed by atoms with Gasteiger partial charge in [-0.2, -0.15) is 4.98 Å². The zero-order valence-corrected chi connectivity index (χ0v) is 12.3. The molecule has 2 aromatic rings. The normalized spacial score (nSPS) is 17.8. The lowest BCUT2D eigenvalue weighted by Crippen LogP contribution is -2.36. The maximum atomic E-state index is 6.09. The van der Waals surface area contributed by atoms with E-state index < -0.39 is 5.60 Å². The van der Waals surface area contributed by atoms with Crippen molar-refractivity contribution in [3.63, 3.8) is 0 Å². The molecular weight excluding hydrogens is 270 g/mol. The Morgan fingerprint density at radius 2 is 2.05 bits per heavy atom. The van der Waals surface area contributed by atoms with Crippen LogP contribution in [0.2, 0.25) is 0 Å². The van der Waals surface area contributed by atoms with Crippen LogP contribution in [0, 0.1) is 6.92 Å². The maximum absolute atomic E-state index is 6.09. The van der Waals surface area contributed by atoms with Crippen molar-refractivity contribution in [2.24, 2.45) is 0 Å². The second-order valence-electron chi connectivity index (χ2n) is 5.27. The quantitative estimate of drug-likeness (QED) is 0.873. The molecule has 1 aliphatic heterocycles. The second kappa shape index (κ2) is 5.46. The van der Waals surface area contributed by atoms with Gasteiger partial charge in [-0.15, -0.1) is 0 Å². The van der Waals surface area contributed by atoms with E-state index in [2.05, 4.69) is 10.1 Å². The van der Waals surface area contributed by atoms with Crippen molar-refractivity contribution < 1.29 is 14.0 Å². The highest BCUT2D eigenvalue weighted by atomic mass is 16.5. The molecule has 112 valence electrons. The zero-order valence-electron chi connectivity index (χ0n) is 12.3. The van der Waals surface area contributed by atoms with Crippen molar-refractivity contribution in [2.45, 2.75) is 25.4 Å². The van der Waals surface area contributed by atoms with Gasteiger partial charge in [-0.3, -0.25) is 0 Å². The predicted octanol–water partition coefficient (Wildman–Crippen LogP) is 2.28. The van der Waals surface area contributed by atoms with Crippen molar-refractivity contribution in [3.8, 4) is 11.5 Å².